The van der Waals surface area contributed by atoms with Crippen LogP contribution in [0.15, 0.2) is 60.3 Å². The zero-order chi connectivity index (χ0) is 19.2. The van der Waals surface area contributed by atoms with Crippen LogP contribution in [0.5, 0.6) is 0 Å². The zero-order valence-electron chi connectivity index (χ0n) is 13.1. The number of amides is 1. The number of carbonyl (C=O) groups excluding carboxylic acids is 1. The van der Waals surface area contributed by atoms with Crippen LogP contribution in [0.3, 0.4) is 0 Å². The van der Waals surface area contributed by atoms with E-state index in [1.807, 2.05) is 0 Å². The number of rotatable bonds is 4. The fourth-order valence-electron chi connectivity index (χ4n) is 2.02. The summed E-state index contributed by atoms with van der Waals surface area (Å²) >= 11 is 0. The topological polar surface area (TPSA) is 88.7 Å². The van der Waals surface area contributed by atoms with Crippen molar-refractivity contribution in [1.82, 2.24) is 0 Å². The van der Waals surface area contributed by atoms with Crippen molar-refractivity contribution in [2.75, 3.05) is 10.6 Å². The van der Waals surface area contributed by atoms with Crippen molar-refractivity contribution in [3.05, 3.63) is 71.4 Å². The third-order valence-corrected chi connectivity index (χ3v) is 3.23. The Balaban J connectivity index is 2.25. The molecule has 0 heterocycles. The number of para-hydroxylation sites is 1. The summed E-state index contributed by atoms with van der Waals surface area (Å²) in [7, 11) is 0. The first-order chi connectivity index (χ1) is 12.3. The highest BCUT2D eigenvalue weighted by atomic mass is 19.4. The number of nitriles is 2. The molecule has 26 heavy (non-hydrogen) atoms. The molecule has 0 aromatic heterocycles. The van der Waals surface area contributed by atoms with Gasteiger partial charge in [0, 0.05) is 11.9 Å². The Morgan fingerprint density at radius 3 is 2.38 bits per heavy atom. The molecule has 0 aliphatic carbocycles. The number of nitrogens with zero attached hydrogens (tertiary/aromatic N) is 2. The Labute approximate surface area is 147 Å². The number of allylic oxidation sites excluding steroid dienone is 1. The molecule has 2 N–H and O–H groups in total. The second-order valence-electron chi connectivity index (χ2n) is 5.00. The first-order valence-corrected chi connectivity index (χ1v) is 7.19. The summed E-state index contributed by atoms with van der Waals surface area (Å²) < 4.78 is 38.3. The minimum atomic E-state index is -4.52. The number of nitrogens with one attached hydrogen (secondary N) is 2. The molecule has 1 amide bonds. The Hall–Kier alpha value is -3.78. The van der Waals surface area contributed by atoms with Crippen LogP contribution in [0.25, 0.3) is 0 Å². The molecule has 2 aromatic rings. The average Bonchev–Trinajstić information content (AvgIpc) is 2.62. The highest BCUT2D eigenvalue weighted by Crippen LogP contribution is 2.30. The fourth-order valence-corrected chi connectivity index (χ4v) is 2.02. The number of carbonyl (C=O) groups is 1. The van der Waals surface area contributed by atoms with Gasteiger partial charge in [0.1, 0.15) is 17.7 Å². The first kappa shape index (κ1) is 18.6. The van der Waals surface area contributed by atoms with Crippen molar-refractivity contribution < 1.29 is 18.0 Å². The highest BCUT2D eigenvalue weighted by molar-refractivity contribution is 6.08. The van der Waals surface area contributed by atoms with Crippen molar-refractivity contribution in [3.63, 3.8) is 0 Å². The van der Waals surface area contributed by atoms with E-state index < -0.39 is 17.6 Å². The van der Waals surface area contributed by atoms with E-state index in [1.165, 1.54) is 24.3 Å². The van der Waals surface area contributed by atoms with Crippen molar-refractivity contribution in [1.29, 1.82) is 10.5 Å². The van der Waals surface area contributed by atoms with Gasteiger partial charge in [-0.15, -0.1) is 0 Å². The van der Waals surface area contributed by atoms with Gasteiger partial charge in [-0.1, -0.05) is 18.2 Å². The van der Waals surface area contributed by atoms with E-state index in [2.05, 4.69) is 10.6 Å². The van der Waals surface area contributed by atoms with Crippen LogP contribution >= 0.6 is 0 Å². The zero-order valence-corrected chi connectivity index (χ0v) is 13.1. The van der Waals surface area contributed by atoms with E-state index in [4.69, 9.17) is 10.5 Å². The quantitative estimate of drug-likeness (QED) is 0.800. The van der Waals surface area contributed by atoms with Gasteiger partial charge in [-0.3, -0.25) is 4.79 Å². The van der Waals surface area contributed by atoms with Crippen molar-refractivity contribution >= 4 is 17.3 Å². The van der Waals surface area contributed by atoms with Gasteiger partial charge in [0.15, 0.2) is 0 Å². The first-order valence-electron chi connectivity index (χ1n) is 7.19. The molecule has 2 rings (SSSR count). The Bertz CT molecular complexity index is 920. The molecule has 0 spiro atoms. The summed E-state index contributed by atoms with van der Waals surface area (Å²) in [5, 5.41) is 22.5. The molecule has 0 aliphatic rings. The van der Waals surface area contributed by atoms with Gasteiger partial charge < -0.3 is 10.6 Å². The van der Waals surface area contributed by atoms with E-state index in [-0.39, 0.29) is 16.8 Å². The van der Waals surface area contributed by atoms with Gasteiger partial charge in [-0.25, -0.2) is 0 Å². The summed E-state index contributed by atoms with van der Waals surface area (Å²) in [5.41, 5.74) is -0.656. The minimum absolute atomic E-state index is 0.00934. The van der Waals surface area contributed by atoms with Crippen molar-refractivity contribution in [2.24, 2.45) is 0 Å². The molecule has 0 aliphatic heterocycles. The van der Waals surface area contributed by atoms with Gasteiger partial charge >= 0.3 is 6.18 Å². The SMILES string of the molecule is N#CC(C#N)=CNc1ccccc1C(=O)Nc1cccc(C(F)(F)F)c1. The van der Waals surface area contributed by atoms with E-state index >= 15 is 0 Å². The summed E-state index contributed by atoms with van der Waals surface area (Å²) in [6.07, 6.45) is -3.38. The molecule has 0 unspecified atom stereocenters. The smallest absolute Gasteiger partial charge is 0.359 e. The normalized spacial score (nSPS) is 10.2. The van der Waals surface area contributed by atoms with Crippen LogP contribution in [0.1, 0.15) is 15.9 Å². The van der Waals surface area contributed by atoms with Crippen molar-refractivity contribution in [2.45, 2.75) is 6.18 Å². The average molecular weight is 356 g/mol. The summed E-state index contributed by atoms with van der Waals surface area (Å²) in [4.78, 5) is 12.4. The molecule has 2 aromatic carbocycles. The molecule has 8 heteroatoms. The molecule has 0 atom stereocenters. The molecule has 0 saturated heterocycles. The van der Waals surface area contributed by atoms with Crippen molar-refractivity contribution in [3.8, 4) is 12.1 Å². The molecule has 0 fully saturated rings. The van der Waals surface area contributed by atoms with E-state index in [0.29, 0.717) is 5.69 Å². The second-order valence-corrected chi connectivity index (χ2v) is 5.00. The molecule has 130 valence electrons. The Morgan fingerprint density at radius 1 is 1.04 bits per heavy atom. The monoisotopic (exact) mass is 356 g/mol. The predicted octanol–water partition coefficient (Wildman–Crippen LogP) is 4.30. The fraction of sp³-hybridized carbons (Fsp3) is 0.0556. The Morgan fingerprint density at radius 2 is 1.73 bits per heavy atom. The second kappa shape index (κ2) is 7.86. The van der Waals surface area contributed by atoms with Crippen LogP contribution in [-0.4, -0.2) is 5.91 Å². The maximum atomic E-state index is 12.8. The number of halogens is 3. The minimum Gasteiger partial charge on any atom is -0.359 e. The third-order valence-electron chi connectivity index (χ3n) is 3.23. The van der Waals surface area contributed by atoms with E-state index in [1.54, 1.807) is 24.3 Å². The predicted molar refractivity (Wildman–Crippen MR) is 88.8 cm³/mol. The van der Waals surface area contributed by atoms with E-state index in [9.17, 15) is 18.0 Å². The van der Waals surface area contributed by atoms with Gasteiger partial charge in [0.2, 0.25) is 0 Å². The maximum Gasteiger partial charge on any atom is 0.416 e. The van der Waals surface area contributed by atoms with Crippen LogP contribution in [0.4, 0.5) is 24.5 Å². The van der Waals surface area contributed by atoms with Gasteiger partial charge in [0.05, 0.1) is 16.8 Å². The lowest BCUT2D eigenvalue weighted by Gasteiger charge is -2.12. The molecular formula is C18H11F3N4O. The number of alkyl halides is 3. The molecule has 0 radical (unpaired) electrons. The lowest BCUT2D eigenvalue weighted by Crippen LogP contribution is -2.14. The maximum absolute atomic E-state index is 12.8. The standard InChI is InChI=1S/C18H11F3N4O/c19-18(20,21)13-4-3-5-14(8-13)25-17(26)15-6-1-2-7-16(15)24-11-12(9-22)10-23/h1-8,11,24H,(H,25,26). The van der Waals surface area contributed by atoms with Crippen LogP contribution in [0, 0.1) is 22.7 Å². The molecular weight excluding hydrogens is 345 g/mol. The number of benzene rings is 2. The van der Waals surface area contributed by atoms with Gasteiger partial charge in [-0.2, -0.15) is 23.7 Å². The lowest BCUT2D eigenvalue weighted by atomic mass is 10.1. The molecule has 5 nitrogen and oxygen atoms in total. The Kier molecular flexibility index (Phi) is 5.61. The van der Waals surface area contributed by atoms with Gasteiger partial charge in [-0.05, 0) is 30.3 Å². The number of hydrogen-bond donors (Lipinski definition) is 2. The largest absolute Gasteiger partial charge is 0.416 e. The molecule has 0 bridgehead atoms. The summed E-state index contributed by atoms with van der Waals surface area (Å²) in [6, 6.07) is 13.8. The summed E-state index contributed by atoms with van der Waals surface area (Å²) in [6.45, 7) is 0. The van der Waals surface area contributed by atoms with E-state index in [0.717, 1.165) is 18.3 Å². The highest BCUT2D eigenvalue weighted by Gasteiger charge is 2.30. The number of anilines is 2. The molecule has 0 saturated carbocycles. The number of hydrogen-bond acceptors (Lipinski definition) is 4. The van der Waals surface area contributed by atoms with Crippen LogP contribution in [0.2, 0.25) is 0 Å². The van der Waals surface area contributed by atoms with Crippen LogP contribution in [-0.2, 0) is 6.18 Å². The third kappa shape index (κ3) is 4.62. The van der Waals surface area contributed by atoms with Crippen LogP contribution < -0.4 is 10.6 Å². The lowest BCUT2D eigenvalue weighted by molar-refractivity contribution is -0.137. The summed E-state index contributed by atoms with van der Waals surface area (Å²) in [5.74, 6) is -0.642. The van der Waals surface area contributed by atoms with Gasteiger partial charge in [0.25, 0.3) is 5.91 Å².